The van der Waals surface area contributed by atoms with Gasteiger partial charge in [-0.05, 0) is 71.0 Å². The predicted molar refractivity (Wildman–Crippen MR) is 194 cm³/mol. The number of carbonyl (C=O) groups is 2. The summed E-state index contributed by atoms with van der Waals surface area (Å²) < 4.78 is 4.86. The van der Waals surface area contributed by atoms with Gasteiger partial charge in [0.2, 0.25) is 6.61 Å². The Morgan fingerprint density at radius 2 is 1.18 bits per heavy atom. The van der Waals surface area contributed by atoms with Crippen molar-refractivity contribution >= 4 is 17.6 Å². The minimum Gasteiger partial charge on any atom is -0.463 e. The van der Waals surface area contributed by atoms with Gasteiger partial charge in [-0.2, -0.15) is 0 Å². The van der Waals surface area contributed by atoms with Gasteiger partial charge in [0.1, 0.15) is 0 Å². The lowest BCUT2D eigenvalue weighted by atomic mass is 9.96. The highest BCUT2D eigenvalue weighted by Crippen LogP contribution is 2.30. The molecule has 5 aromatic carbocycles. The molecule has 248 valence electrons. The van der Waals surface area contributed by atoms with E-state index in [9.17, 15) is 9.59 Å². The van der Waals surface area contributed by atoms with E-state index in [1.807, 2.05) is 66.4 Å². The van der Waals surface area contributed by atoms with Crippen LogP contribution in [0.25, 0.3) is 22.3 Å². The van der Waals surface area contributed by atoms with Crippen LogP contribution in [0.2, 0.25) is 0 Å². The van der Waals surface area contributed by atoms with Crippen molar-refractivity contribution in [2.45, 2.75) is 19.9 Å². The Morgan fingerprint density at radius 1 is 0.653 bits per heavy atom. The van der Waals surface area contributed by atoms with Gasteiger partial charge in [0.25, 0.3) is 5.91 Å². The monoisotopic (exact) mass is 651 g/mol. The Balaban J connectivity index is 1.08. The molecule has 7 nitrogen and oxygen atoms in total. The standard InChI is InChI=1S/C42H41N3O4/c1-3-48-40(46)30-49-43-31(2)32-17-19-33(20-18-32)38-15-10-16-39(29-38)34-21-23-37(24-22-34)42(47)45-27-25-44(26-28-45)41(35-11-6-4-7-12-35)36-13-8-5-9-14-36/h4-24,29,41H,3,25-28,30H2,1-2H3. The molecule has 6 rings (SSSR count). The lowest BCUT2D eigenvalue weighted by molar-refractivity contribution is -0.148. The van der Waals surface area contributed by atoms with Gasteiger partial charge in [0.05, 0.1) is 18.4 Å². The molecule has 5 aromatic rings. The molecule has 0 atom stereocenters. The van der Waals surface area contributed by atoms with Gasteiger partial charge in [-0.3, -0.25) is 9.69 Å². The molecule has 0 aromatic heterocycles. The van der Waals surface area contributed by atoms with Crippen molar-refractivity contribution in [1.29, 1.82) is 0 Å². The second-order valence-corrected chi connectivity index (χ2v) is 12.0. The molecular formula is C42H41N3O4. The van der Waals surface area contributed by atoms with Crippen molar-refractivity contribution in [2.75, 3.05) is 39.4 Å². The van der Waals surface area contributed by atoms with Gasteiger partial charge in [-0.25, -0.2) is 4.79 Å². The van der Waals surface area contributed by atoms with Gasteiger partial charge in [-0.15, -0.1) is 0 Å². The van der Waals surface area contributed by atoms with E-state index in [2.05, 4.69) is 88.9 Å². The first-order valence-electron chi connectivity index (χ1n) is 16.8. The third kappa shape index (κ3) is 8.31. The number of nitrogens with zero attached hydrogens (tertiary/aromatic N) is 3. The largest absolute Gasteiger partial charge is 0.463 e. The summed E-state index contributed by atoms with van der Waals surface area (Å²) >= 11 is 0. The molecule has 0 aliphatic carbocycles. The van der Waals surface area contributed by atoms with Crippen LogP contribution < -0.4 is 0 Å². The highest BCUT2D eigenvalue weighted by molar-refractivity contribution is 5.98. The molecule has 1 aliphatic heterocycles. The summed E-state index contributed by atoms with van der Waals surface area (Å²) in [6.07, 6.45) is 0. The van der Waals surface area contributed by atoms with Crippen molar-refractivity contribution in [3.05, 3.63) is 156 Å². The van der Waals surface area contributed by atoms with E-state index in [0.717, 1.165) is 40.9 Å². The fourth-order valence-electron chi connectivity index (χ4n) is 6.28. The number of esters is 1. The second-order valence-electron chi connectivity index (χ2n) is 12.0. The molecule has 1 amide bonds. The third-order valence-electron chi connectivity index (χ3n) is 8.85. The van der Waals surface area contributed by atoms with Gasteiger partial charge in [0.15, 0.2) is 0 Å². The SMILES string of the molecule is CCOC(=O)CON=C(C)c1ccc(-c2cccc(-c3ccc(C(=O)N4CCN(C(c5ccccc5)c5ccccc5)CC4)cc3)c2)cc1. The van der Waals surface area contributed by atoms with Crippen molar-refractivity contribution in [3.63, 3.8) is 0 Å². The van der Waals surface area contributed by atoms with E-state index in [4.69, 9.17) is 9.57 Å². The van der Waals surface area contributed by atoms with E-state index in [0.29, 0.717) is 31.0 Å². The van der Waals surface area contributed by atoms with Crippen LogP contribution in [0.4, 0.5) is 0 Å². The molecule has 1 fully saturated rings. The Labute approximate surface area is 288 Å². The fraction of sp³-hybridized carbons (Fsp3) is 0.214. The second kappa shape index (κ2) is 16.0. The summed E-state index contributed by atoms with van der Waals surface area (Å²) in [6.45, 7) is 6.66. The number of hydrogen-bond donors (Lipinski definition) is 0. The minimum atomic E-state index is -0.443. The number of piperazine rings is 1. The van der Waals surface area contributed by atoms with Gasteiger partial charge < -0.3 is 14.5 Å². The minimum absolute atomic E-state index is 0.0705. The Hall–Kier alpha value is -5.53. The maximum atomic E-state index is 13.6. The first kappa shape index (κ1) is 33.4. The Bertz CT molecular complexity index is 1830. The molecule has 0 radical (unpaired) electrons. The van der Waals surface area contributed by atoms with Crippen LogP contribution in [0.1, 0.15) is 46.9 Å². The molecule has 1 aliphatic rings. The zero-order valence-corrected chi connectivity index (χ0v) is 28.0. The number of ether oxygens (including phenoxy) is 1. The highest BCUT2D eigenvalue weighted by Gasteiger charge is 2.28. The first-order valence-corrected chi connectivity index (χ1v) is 16.8. The van der Waals surface area contributed by atoms with E-state index in [1.165, 1.54) is 11.1 Å². The molecule has 0 saturated carbocycles. The highest BCUT2D eigenvalue weighted by atomic mass is 16.7. The van der Waals surface area contributed by atoms with Crippen molar-refractivity contribution in [2.24, 2.45) is 5.16 Å². The quantitative estimate of drug-likeness (QED) is 0.0826. The van der Waals surface area contributed by atoms with Crippen LogP contribution in [0, 0.1) is 0 Å². The maximum Gasteiger partial charge on any atom is 0.347 e. The number of amides is 1. The predicted octanol–water partition coefficient (Wildman–Crippen LogP) is 7.87. The smallest absolute Gasteiger partial charge is 0.347 e. The number of oxime groups is 1. The molecule has 0 spiro atoms. The van der Waals surface area contributed by atoms with E-state index >= 15 is 0 Å². The summed E-state index contributed by atoms with van der Waals surface area (Å²) in [5.74, 6) is -0.373. The van der Waals surface area contributed by atoms with Gasteiger partial charge >= 0.3 is 5.97 Å². The van der Waals surface area contributed by atoms with Crippen LogP contribution in [-0.2, 0) is 14.4 Å². The topological polar surface area (TPSA) is 71.4 Å². The van der Waals surface area contributed by atoms with Crippen molar-refractivity contribution < 1.29 is 19.2 Å². The van der Waals surface area contributed by atoms with Crippen LogP contribution in [0.15, 0.2) is 139 Å². The van der Waals surface area contributed by atoms with E-state index in [-0.39, 0.29) is 18.6 Å². The average Bonchev–Trinajstić information content (AvgIpc) is 3.16. The normalized spacial score (nSPS) is 13.7. The fourth-order valence-corrected chi connectivity index (χ4v) is 6.28. The molecule has 7 heteroatoms. The summed E-state index contributed by atoms with van der Waals surface area (Å²) in [4.78, 5) is 34.6. The first-order chi connectivity index (χ1) is 24.0. The maximum absolute atomic E-state index is 13.6. The van der Waals surface area contributed by atoms with Gasteiger partial charge in [0, 0.05) is 31.7 Å². The number of hydrogen-bond acceptors (Lipinski definition) is 6. The molecule has 49 heavy (non-hydrogen) atoms. The van der Waals surface area contributed by atoms with Crippen molar-refractivity contribution in [3.8, 4) is 22.3 Å². The summed E-state index contributed by atoms with van der Waals surface area (Å²) in [7, 11) is 0. The van der Waals surface area contributed by atoms with E-state index in [1.54, 1.807) is 6.92 Å². The molecular weight excluding hydrogens is 610 g/mol. The zero-order valence-electron chi connectivity index (χ0n) is 28.0. The summed E-state index contributed by atoms with van der Waals surface area (Å²) in [6, 6.07) is 45.8. The molecule has 1 saturated heterocycles. The molecule has 0 unspecified atom stereocenters. The Morgan fingerprint density at radius 3 is 1.71 bits per heavy atom. The van der Waals surface area contributed by atoms with Crippen LogP contribution in [0.5, 0.6) is 0 Å². The number of benzene rings is 5. The van der Waals surface area contributed by atoms with Crippen LogP contribution in [-0.4, -0.2) is 66.8 Å². The number of carbonyl (C=O) groups excluding carboxylic acids is 2. The average molecular weight is 652 g/mol. The number of rotatable bonds is 11. The molecule has 0 N–H and O–H groups in total. The summed E-state index contributed by atoms with van der Waals surface area (Å²) in [5.41, 5.74) is 9.09. The molecule has 0 bridgehead atoms. The lowest BCUT2D eigenvalue weighted by Crippen LogP contribution is -2.49. The van der Waals surface area contributed by atoms with Crippen LogP contribution in [0.3, 0.4) is 0 Å². The van der Waals surface area contributed by atoms with E-state index < -0.39 is 5.97 Å². The lowest BCUT2D eigenvalue weighted by Gasteiger charge is -2.39. The van der Waals surface area contributed by atoms with Gasteiger partial charge in [-0.1, -0.05) is 120 Å². The Kier molecular flexibility index (Phi) is 10.9. The van der Waals surface area contributed by atoms with Crippen molar-refractivity contribution in [1.82, 2.24) is 9.80 Å². The summed E-state index contributed by atoms with van der Waals surface area (Å²) in [5, 5.41) is 4.04. The van der Waals surface area contributed by atoms with Crippen LogP contribution >= 0.6 is 0 Å². The molecule has 1 heterocycles. The third-order valence-corrected chi connectivity index (χ3v) is 8.85. The zero-order chi connectivity index (χ0) is 34.0.